The zero-order valence-corrected chi connectivity index (χ0v) is 15.6. The van der Waals surface area contributed by atoms with Crippen molar-refractivity contribution in [3.8, 4) is 5.69 Å². The van der Waals surface area contributed by atoms with Crippen LogP contribution in [0.15, 0.2) is 36.5 Å². The molecule has 1 aromatic heterocycles. The Morgan fingerprint density at radius 1 is 1.15 bits per heavy atom. The Balaban J connectivity index is 1.95. The Morgan fingerprint density at radius 2 is 1.78 bits per heavy atom. The summed E-state index contributed by atoms with van der Waals surface area (Å²) in [5.74, 6) is -0.993. The summed E-state index contributed by atoms with van der Waals surface area (Å²) in [5, 5.41) is 9.23. The summed E-state index contributed by atoms with van der Waals surface area (Å²) in [6.45, 7) is 6.78. The van der Waals surface area contributed by atoms with Gasteiger partial charge in [0.25, 0.3) is 5.91 Å². The first-order valence-corrected chi connectivity index (χ1v) is 8.31. The van der Waals surface area contributed by atoms with Gasteiger partial charge in [0.2, 0.25) is 5.91 Å². The van der Waals surface area contributed by atoms with E-state index in [2.05, 4.69) is 15.7 Å². The van der Waals surface area contributed by atoms with E-state index in [-0.39, 0.29) is 11.6 Å². The topological polar surface area (TPSA) is 128 Å². The van der Waals surface area contributed by atoms with Gasteiger partial charge in [-0.2, -0.15) is 5.10 Å². The summed E-state index contributed by atoms with van der Waals surface area (Å²) in [6, 6.07) is 7.54. The average Bonchev–Trinajstić information content (AvgIpc) is 3.03. The Kier molecular flexibility index (Phi) is 5.84. The van der Waals surface area contributed by atoms with E-state index < -0.39 is 23.6 Å². The van der Waals surface area contributed by atoms with Gasteiger partial charge in [-0.3, -0.25) is 9.59 Å². The molecule has 4 N–H and O–H groups in total. The monoisotopic (exact) mass is 373 g/mol. The van der Waals surface area contributed by atoms with E-state index in [0.29, 0.717) is 11.4 Å². The fourth-order valence-corrected chi connectivity index (χ4v) is 2.10. The van der Waals surface area contributed by atoms with Crippen molar-refractivity contribution in [2.24, 2.45) is 5.73 Å². The fraction of sp³-hybridized carbons (Fsp3) is 0.333. The molecule has 9 heteroatoms. The molecule has 1 aromatic carbocycles. The lowest BCUT2D eigenvalue weighted by molar-refractivity contribution is -0.117. The molecule has 0 aliphatic carbocycles. The van der Waals surface area contributed by atoms with Crippen LogP contribution < -0.4 is 16.4 Å². The number of nitrogens with one attached hydrogen (secondary N) is 2. The maximum absolute atomic E-state index is 12.2. The van der Waals surface area contributed by atoms with Crippen molar-refractivity contribution in [2.45, 2.75) is 39.3 Å². The highest BCUT2D eigenvalue weighted by atomic mass is 16.6. The van der Waals surface area contributed by atoms with Gasteiger partial charge in [-0.1, -0.05) is 0 Å². The van der Waals surface area contributed by atoms with Gasteiger partial charge in [0, 0.05) is 11.9 Å². The predicted octanol–water partition coefficient (Wildman–Crippen LogP) is 1.82. The first kappa shape index (κ1) is 20.0. The Labute approximate surface area is 156 Å². The number of hydrogen-bond donors (Lipinski definition) is 3. The number of primary amides is 1. The molecule has 0 aliphatic heterocycles. The highest BCUT2D eigenvalue weighted by Crippen LogP contribution is 2.14. The first-order chi connectivity index (χ1) is 12.5. The third kappa shape index (κ3) is 5.84. The van der Waals surface area contributed by atoms with Crippen molar-refractivity contribution in [2.75, 3.05) is 5.32 Å². The number of amides is 3. The average molecular weight is 373 g/mol. The van der Waals surface area contributed by atoms with Gasteiger partial charge < -0.3 is 21.1 Å². The quantitative estimate of drug-likeness (QED) is 0.736. The van der Waals surface area contributed by atoms with Crippen molar-refractivity contribution in [1.82, 2.24) is 15.1 Å². The van der Waals surface area contributed by atoms with Crippen LogP contribution in [0, 0.1) is 0 Å². The fourth-order valence-electron chi connectivity index (χ4n) is 2.10. The van der Waals surface area contributed by atoms with Crippen LogP contribution in [0.25, 0.3) is 5.69 Å². The van der Waals surface area contributed by atoms with E-state index in [1.807, 2.05) is 0 Å². The zero-order valence-electron chi connectivity index (χ0n) is 15.6. The van der Waals surface area contributed by atoms with Crippen LogP contribution in [0.1, 0.15) is 38.2 Å². The summed E-state index contributed by atoms with van der Waals surface area (Å²) in [4.78, 5) is 35.0. The molecule has 0 saturated carbocycles. The molecule has 0 saturated heterocycles. The van der Waals surface area contributed by atoms with E-state index in [9.17, 15) is 14.4 Å². The molecule has 2 rings (SSSR count). The van der Waals surface area contributed by atoms with Crippen LogP contribution in [0.3, 0.4) is 0 Å². The van der Waals surface area contributed by atoms with Crippen molar-refractivity contribution in [1.29, 1.82) is 0 Å². The second-order valence-corrected chi connectivity index (χ2v) is 6.91. The molecule has 0 aliphatic rings. The molecule has 3 amide bonds. The van der Waals surface area contributed by atoms with Crippen LogP contribution in [-0.2, 0) is 9.53 Å². The summed E-state index contributed by atoms with van der Waals surface area (Å²) in [7, 11) is 0. The third-order valence-corrected chi connectivity index (χ3v) is 3.37. The smallest absolute Gasteiger partial charge is 0.408 e. The number of nitrogens with two attached hydrogens (primary N) is 1. The Bertz CT molecular complexity index is 836. The van der Waals surface area contributed by atoms with Gasteiger partial charge in [-0.15, -0.1) is 0 Å². The van der Waals surface area contributed by atoms with E-state index in [4.69, 9.17) is 10.5 Å². The van der Waals surface area contributed by atoms with Crippen molar-refractivity contribution in [3.05, 3.63) is 42.2 Å². The van der Waals surface area contributed by atoms with Crippen LogP contribution >= 0.6 is 0 Å². The minimum Gasteiger partial charge on any atom is -0.444 e. The molecule has 27 heavy (non-hydrogen) atoms. The Morgan fingerprint density at radius 3 is 2.30 bits per heavy atom. The van der Waals surface area contributed by atoms with Crippen LogP contribution in [0.2, 0.25) is 0 Å². The lowest BCUT2D eigenvalue weighted by atomic mass is 10.2. The number of ether oxygens (including phenoxy) is 1. The molecule has 0 spiro atoms. The van der Waals surface area contributed by atoms with E-state index in [0.717, 1.165) is 0 Å². The number of aromatic nitrogens is 2. The molecule has 2 aromatic rings. The lowest BCUT2D eigenvalue weighted by Crippen LogP contribution is -2.43. The number of alkyl carbamates (subject to hydrolysis) is 1. The van der Waals surface area contributed by atoms with Gasteiger partial charge in [-0.05, 0) is 58.0 Å². The summed E-state index contributed by atoms with van der Waals surface area (Å²) >= 11 is 0. The molecule has 1 unspecified atom stereocenters. The maximum Gasteiger partial charge on any atom is 0.408 e. The van der Waals surface area contributed by atoms with E-state index >= 15 is 0 Å². The minimum atomic E-state index is -0.774. The SMILES string of the molecule is CC(NC(=O)OC(C)(C)C)C(=O)Nc1ccc(-n2ccc(C(N)=O)n2)cc1. The van der Waals surface area contributed by atoms with E-state index in [1.165, 1.54) is 10.7 Å². The van der Waals surface area contributed by atoms with Crippen LogP contribution in [0.4, 0.5) is 10.5 Å². The third-order valence-electron chi connectivity index (χ3n) is 3.37. The van der Waals surface area contributed by atoms with Crippen molar-refractivity contribution >= 4 is 23.6 Å². The highest BCUT2D eigenvalue weighted by Gasteiger charge is 2.21. The van der Waals surface area contributed by atoms with Crippen LogP contribution in [-0.4, -0.2) is 39.3 Å². The van der Waals surface area contributed by atoms with Crippen molar-refractivity contribution < 1.29 is 19.1 Å². The number of rotatable bonds is 5. The normalized spacial score (nSPS) is 12.1. The zero-order chi connectivity index (χ0) is 20.2. The lowest BCUT2D eigenvalue weighted by Gasteiger charge is -2.21. The number of carbonyl (C=O) groups excluding carboxylic acids is 3. The molecular formula is C18H23N5O4. The summed E-state index contributed by atoms with van der Waals surface area (Å²) in [5.41, 5.74) is 5.94. The molecule has 1 atom stereocenters. The predicted molar refractivity (Wildman–Crippen MR) is 99.5 cm³/mol. The number of anilines is 1. The second kappa shape index (κ2) is 7.90. The van der Waals surface area contributed by atoms with Gasteiger partial charge in [-0.25, -0.2) is 9.48 Å². The summed E-state index contributed by atoms with van der Waals surface area (Å²) < 4.78 is 6.62. The molecule has 144 valence electrons. The molecular weight excluding hydrogens is 350 g/mol. The number of hydrogen-bond acceptors (Lipinski definition) is 5. The molecule has 0 fully saturated rings. The van der Waals surface area contributed by atoms with Gasteiger partial charge in [0.1, 0.15) is 17.3 Å². The number of benzene rings is 1. The number of carbonyl (C=O) groups is 3. The second-order valence-electron chi connectivity index (χ2n) is 6.91. The first-order valence-electron chi connectivity index (χ1n) is 8.31. The van der Waals surface area contributed by atoms with Gasteiger partial charge in [0.05, 0.1) is 5.69 Å². The van der Waals surface area contributed by atoms with Crippen molar-refractivity contribution in [3.63, 3.8) is 0 Å². The molecule has 1 heterocycles. The molecule has 0 radical (unpaired) electrons. The number of nitrogens with zero attached hydrogens (tertiary/aromatic N) is 2. The summed E-state index contributed by atoms with van der Waals surface area (Å²) in [6.07, 6.45) is 0.949. The largest absolute Gasteiger partial charge is 0.444 e. The minimum absolute atomic E-state index is 0.162. The van der Waals surface area contributed by atoms with Crippen LogP contribution in [0.5, 0.6) is 0 Å². The van der Waals surface area contributed by atoms with Gasteiger partial charge in [0.15, 0.2) is 0 Å². The van der Waals surface area contributed by atoms with Gasteiger partial charge >= 0.3 is 6.09 Å². The Hall–Kier alpha value is -3.36. The molecule has 0 bridgehead atoms. The molecule has 9 nitrogen and oxygen atoms in total. The standard InChI is InChI=1S/C18H23N5O4/c1-11(20-17(26)27-18(2,3)4)16(25)21-12-5-7-13(8-6-12)23-10-9-14(22-23)15(19)24/h5-11H,1-4H3,(H2,19,24)(H,20,26)(H,21,25). The highest BCUT2D eigenvalue weighted by molar-refractivity contribution is 5.96. The van der Waals surface area contributed by atoms with E-state index in [1.54, 1.807) is 58.2 Å². The maximum atomic E-state index is 12.2.